The molecular weight excluding hydrogens is 380 g/mol. The number of rotatable bonds is 3. The molecule has 0 aliphatic heterocycles. The second-order valence-corrected chi connectivity index (χ2v) is 14.0. The molecule has 0 fully saturated rings. The monoisotopic (exact) mass is 400 g/mol. The third kappa shape index (κ3) is 15.1. The number of halogens is 3. The summed E-state index contributed by atoms with van der Waals surface area (Å²) in [7, 11) is 15.1. The standard InChI is InChI=1S/C11H16P.C5H5.3ClH.V/c1-10(9-12(2)3)11-7-5-4-6-8-11;1-2-4-5-3-1;;;;/h4-8H,9H2,1-3H3;1-3H,4H2;3*1H;/q2*-1;;;;+3/p-3. The maximum atomic E-state index is 4.95. The molecule has 1 aromatic carbocycles. The predicted molar refractivity (Wildman–Crippen MR) is 97.2 cm³/mol. The SMILES string of the molecule is C[C-](CP(C)C)c1ccccc1.[C-]1=CC=CC1.[Cl][V]([Cl])[Cl]. The molecule has 0 bridgehead atoms. The average Bonchev–Trinajstić information content (AvgIpc) is 2.97. The van der Waals surface area contributed by atoms with Gasteiger partial charge in [-0.15, -0.1) is 26.5 Å². The molecule has 1 aliphatic carbocycles. The minimum absolute atomic E-state index is 0.199. The summed E-state index contributed by atoms with van der Waals surface area (Å²) in [6.07, 6.45) is 11.3. The van der Waals surface area contributed by atoms with Gasteiger partial charge in [0.2, 0.25) is 0 Å². The summed E-state index contributed by atoms with van der Waals surface area (Å²) in [5.41, 5.74) is 1.40. The summed E-state index contributed by atoms with van der Waals surface area (Å²) in [4.78, 5) is 0. The molecule has 0 atom stereocenters. The van der Waals surface area contributed by atoms with Gasteiger partial charge in [0, 0.05) is 0 Å². The van der Waals surface area contributed by atoms with E-state index in [1.807, 2.05) is 12.2 Å². The molecule has 0 saturated heterocycles. The number of hydrogen-bond donors (Lipinski definition) is 0. The zero-order chi connectivity index (χ0) is 16.1. The van der Waals surface area contributed by atoms with Gasteiger partial charge < -0.3 is 0 Å². The van der Waals surface area contributed by atoms with Crippen LogP contribution in [0.15, 0.2) is 48.6 Å². The molecule has 0 amide bonds. The van der Waals surface area contributed by atoms with Crippen molar-refractivity contribution in [3.05, 3.63) is 66.1 Å². The molecule has 0 N–H and O–H groups in total. The molecule has 0 aromatic heterocycles. The van der Waals surface area contributed by atoms with E-state index >= 15 is 0 Å². The van der Waals surface area contributed by atoms with Crippen LogP contribution in [0.5, 0.6) is 0 Å². The topological polar surface area (TPSA) is 0 Å². The molecule has 0 radical (unpaired) electrons. The third-order valence-corrected chi connectivity index (χ3v) is 3.51. The van der Waals surface area contributed by atoms with E-state index in [4.69, 9.17) is 29.5 Å². The summed E-state index contributed by atoms with van der Waals surface area (Å²) in [5, 5.41) is 0. The van der Waals surface area contributed by atoms with E-state index in [1.54, 1.807) is 0 Å². The molecule has 1 aliphatic rings. The Morgan fingerprint density at radius 1 is 1.19 bits per heavy atom. The predicted octanol–water partition coefficient (Wildman–Crippen LogP) is 6.74. The van der Waals surface area contributed by atoms with Gasteiger partial charge in [-0.05, 0) is 13.3 Å². The summed E-state index contributed by atoms with van der Waals surface area (Å²) in [6.45, 7) is 6.88. The van der Waals surface area contributed by atoms with Crippen molar-refractivity contribution in [1.29, 1.82) is 0 Å². The molecular formula is C16H21Cl3PV-2. The first kappa shape index (κ1) is 21.5. The van der Waals surface area contributed by atoms with Gasteiger partial charge in [0.05, 0.1) is 0 Å². The van der Waals surface area contributed by atoms with E-state index in [9.17, 15) is 0 Å². The third-order valence-electron chi connectivity index (χ3n) is 2.41. The van der Waals surface area contributed by atoms with E-state index in [1.165, 1.54) is 17.6 Å². The Kier molecular flexibility index (Phi) is 14.4. The summed E-state index contributed by atoms with van der Waals surface area (Å²) in [5.74, 6) is 1.52. The van der Waals surface area contributed by atoms with Gasteiger partial charge in [-0.3, -0.25) is 6.08 Å². The van der Waals surface area contributed by atoms with Crippen molar-refractivity contribution in [2.45, 2.75) is 13.3 Å². The average molecular weight is 402 g/mol. The Morgan fingerprint density at radius 2 is 1.76 bits per heavy atom. The Bertz CT molecular complexity index is 392. The van der Waals surface area contributed by atoms with Gasteiger partial charge in [0.15, 0.2) is 0 Å². The maximum absolute atomic E-state index is 4.95. The summed E-state index contributed by atoms with van der Waals surface area (Å²) in [6, 6.07) is 10.7. The van der Waals surface area contributed by atoms with E-state index in [-0.39, 0.29) is 7.92 Å². The van der Waals surface area contributed by atoms with Crippen LogP contribution in [-0.4, -0.2) is 19.5 Å². The number of benzene rings is 1. The van der Waals surface area contributed by atoms with Crippen LogP contribution < -0.4 is 0 Å². The second-order valence-electron chi connectivity index (χ2n) is 4.58. The molecule has 0 unspecified atom stereocenters. The van der Waals surface area contributed by atoms with Crippen molar-refractivity contribution < 1.29 is 12.3 Å². The fourth-order valence-electron chi connectivity index (χ4n) is 1.63. The number of allylic oxidation sites excluding steroid dienone is 4. The van der Waals surface area contributed by atoms with Crippen LogP contribution in [0.4, 0.5) is 0 Å². The first-order valence-electron chi connectivity index (χ1n) is 6.45. The Labute approximate surface area is 148 Å². The van der Waals surface area contributed by atoms with E-state index in [0.717, 1.165) is 6.42 Å². The van der Waals surface area contributed by atoms with Crippen LogP contribution in [0.25, 0.3) is 0 Å². The van der Waals surface area contributed by atoms with Crippen LogP contribution in [0, 0.1) is 12.0 Å². The molecule has 21 heavy (non-hydrogen) atoms. The van der Waals surface area contributed by atoms with Crippen LogP contribution in [0.3, 0.4) is 0 Å². The fraction of sp³-hybridized carbons (Fsp3) is 0.312. The van der Waals surface area contributed by atoms with Crippen molar-refractivity contribution >= 4 is 37.5 Å². The molecule has 0 nitrogen and oxygen atoms in total. The van der Waals surface area contributed by atoms with E-state index < -0.39 is 12.3 Å². The van der Waals surface area contributed by atoms with Crippen LogP contribution in [0.1, 0.15) is 18.9 Å². The Hall–Kier alpha value is 0.454. The van der Waals surface area contributed by atoms with Crippen LogP contribution in [-0.2, 0) is 12.3 Å². The molecule has 5 heteroatoms. The Morgan fingerprint density at radius 3 is 2.10 bits per heavy atom. The first-order chi connectivity index (χ1) is 9.93. The quantitative estimate of drug-likeness (QED) is 0.388. The van der Waals surface area contributed by atoms with Crippen molar-refractivity contribution in [2.75, 3.05) is 19.5 Å². The van der Waals surface area contributed by atoms with Gasteiger partial charge in [-0.25, -0.2) is 12.2 Å². The zero-order valence-corrected chi connectivity index (χ0v) is 17.1. The fourth-order valence-corrected chi connectivity index (χ4v) is 2.76. The Balaban J connectivity index is 0.000000364. The van der Waals surface area contributed by atoms with Crippen molar-refractivity contribution in [1.82, 2.24) is 0 Å². The van der Waals surface area contributed by atoms with Gasteiger partial charge in [0.1, 0.15) is 0 Å². The van der Waals surface area contributed by atoms with Crippen LogP contribution >= 0.6 is 37.5 Å². The molecule has 0 heterocycles. The van der Waals surface area contributed by atoms with Gasteiger partial charge in [-0.1, -0.05) is 19.2 Å². The van der Waals surface area contributed by atoms with Crippen molar-refractivity contribution in [3.63, 3.8) is 0 Å². The zero-order valence-electron chi connectivity index (χ0n) is 12.6. The molecule has 118 valence electrons. The van der Waals surface area contributed by atoms with E-state index in [2.05, 4.69) is 62.7 Å². The second kappa shape index (κ2) is 14.1. The van der Waals surface area contributed by atoms with Crippen LogP contribution in [0.2, 0.25) is 0 Å². The molecule has 0 spiro atoms. The van der Waals surface area contributed by atoms with Gasteiger partial charge in [0.25, 0.3) is 0 Å². The normalized spacial score (nSPS) is 11.8. The summed E-state index contributed by atoms with van der Waals surface area (Å²) >= 11 is -1.77. The molecule has 0 saturated carbocycles. The molecule has 1 aromatic rings. The molecule has 2 rings (SSSR count). The first-order valence-corrected chi connectivity index (χ1v) is 14.6. The minimum atomic E-state index is -1.77. The number of hydrogen-bond acceptors (Lipinski definition) is 0. The summed E-state index contributed by atoms with van der Waals surface area (Å²) < 4.78 is 0. The van der Waals surface area contributed by atoms with Gasteiger partial charge in [-0.2, -0.15) is 29.7 Å². The van der Waals surface area contributed by atoms with Crippen molar-refractivity contribution in [3.8, 4) is 0 Å². The van der Waals surface area contributed by atoms with Crippen molar-refractivity contribution in [2.24, 2.45) is 0 Å². The van der Waals surface area contributed by atoms with Gasteiger partial charge >= 0.3 is 41.8 Å². The van der Waals surface area contributed by atoms with E-state index in [0.29, 0.717) is 0 Å².